The largest absolute Gasteiger partial charge is 0.381 e. The van der Waals surface area contributed by atoms with Crippen LogP contribution in [0.2, 0.25) is 0 Å². The van der Waals surface area contributed by atoms with Crippen molar-refractivity contribution in [2.24, 2.45) is 5.73 Å². The van der Waals surface area contributed by atoms with Crippen molar-refractivity contribution in [1.82, 2.24) is 4.98 Å². The molecule has 1 unspecified atom stereocenters. The molecule has 0 spiro atoms. The van der Waals surface area contributed by atoms with E-state index in [0.29, 0.717) is 18.1 Å². The number of nitrogens with two attached hydrogens (primary N) is 1. The highest BCUT2D eigenvalue weighted by atomic mass is 16.5. The molecule has 2 heterocycles. The molecule has 2 rings (SSSR count). The Labute approximate surface area is 82.1 Å². The normalized spacial score (nSPS) is 21.4. The van der Waals surface area contributed by atoms with Gasteiger partial charge in [0, 0.05) is 30.3 Å². The summed E-state index contributed by atoms with van der Waals surface area (Å²) >= 11 is 0. The summed E-state index contributed by atoms with van der Waals surface area (Å²) in [5, 5.41) is 0. The van der Waals surface area contributed by atoms with Gasteiger partial charge in [0.15, 0.2) is 0 Å². The van der Waals surface area contributed by atoms with Crippen LogP contribution in [0, 0.1) is 0 Å². The van der Waals surface area contributed by atoms with Crippen molar-refractivity contribution in [2.45, 2.75) is 18.9 Å². The quantitative estimate of drug-likeness (QED) is 0.713. The predicted molar refractivity (Wildman–Crippen MR) is 53.1 cm³/mol. The molecule has 1 saturated heterocycles. The maximum atomic E-state index is 11.5. The third kappa shape index (κ3) is 1.71. The molecule has 1 fully saturated rings. The Morgan fingerprint density at radius 3 is 3.00 bits per heavy atom. The lowest BCUT2D eigenvalue weighted by Crippen LogP contribution is -2.18. The summed E-state index contributed by atoms with van der Waals surface area (Å²) in [6.45, 7) is 1.78. The van der Waals surface area contributed by atoms with Gasteiger partial charge in [-0.25, -0.2) is 0 Å². The Balaban J connectivity index is 2.27. The fraction of sp³-hybridized carbons (Fsp3) is 0.500. The fourth-order valence-corrected chi connectivity index (χ4v) is 1.70. The Morgan fingerprint density at radius 2 is 2.43 bits per heavy atom. The van der Waals surface area contributed by atoms with E-state index in [1.165, 1.54) is 0 Å². The van der Waals surface area contributed by atoms with Gasteiger partial charge >= 0.3 is 0 Å². The second-order valence-corrected chi connectivity index (χ2v) is 3.53. The first-order valence-corrected chi connectivity index (χ1v) is 4.81. The summed E-state index contributed by atoms with van der Waals surface area (Å²) in [4.78, 5) is 14.3. The lowest BCUT2D eigenvalue weighted by Gasteiger charge is -2.07. The van der Waals surface area contributed by atoms with Crippen LogP contribution in [0.15, 0.2) is 16.9 Å². The number of pyridine rings is 1. The highest BCUT2D eigenvalue weighted by Crippen LogP contribution is 2.22. The molecule has 4 nitrogen and oxygen atoms in total. The molecule has 1 aromatic heterocycles. The van der Waals surface area contributed by atoms with Gasteiger partial charge < -0.3 is 15.5 Å². The minimum absolute atomic E-state index is 0.0723. The Hall–Kier alpha value is -1.13. The van der Waals surface area contributed by atoms with Gasteiger partial charge in [-0.2, -0.15) is 0 Å². The van der Waals surface area contributed by atoms with Gasteiger partial charge in [0.05, 0.1) is 6.61 Å². The van der Waals surface area contributed by atoms with Gasteiger partial charge in [-0.15, -0.1) is 0 Å². The van der Waals surface area contributed by atoms with E-state index < -0.39 is 0 Å². The van der Waals surface area contributed by atoms with Gasteiger partial charge in [-0.3, -0.25) is 4.79 Å². The number of hydrogen-bond acceptors (Lipinski definition) is 3. The molecular formula is C10H14N2O2. The van der Waals surface area contributed by atoms with Crippen LogP contribution in [0.5, 0.6) is 0 Å². The number of rotatable bonds is 2. The number of aromatic nitrogens is 1. The van der Waals surface area contributed by atoms with Crippen LogP contribution in [-0.4, -0.2) is 18.2 Å². The van der Waals surface area contributed by atoms with E-state index in [4.69, 9.17) is 10.5 Å². The predicted octanol–water partition coefficient (Wildman–Crippen LogP) is 0.337. The van der Waals surface area contributed by atoms with Crippen LogP contribution < -0.4 is 11.3 Å². The molecule has 0 radical (unpaired) electrons. The second kappa shape index (κ2) is 3.94. The molecule has 0 saturated carbocycles. The molecule has 0 aliphatic carbocycles. The van der Waals surface area contributed by atoms with Gasteiger partial charge in [0.25, 0.3) is 5.56 Å². The third-order valence-electron chi connectivity index (χ3n) is 2.60. The molecule has 4 heteroatoms. The van der Waals surface area contributed by atoms with E-state index in [9.17, 15) is 4.79 Å². The molecule has 76 valence electrons. The van der Waals surface area contributed by atoms with Gasteiger partial charge in [0.1, 0.15) is 0 Å². The van der Waals surface area contributed by atoms with Crippen LogP contribution in [0.4, 0.5) is 0 Å². The average Bonchev–Trinajstić information content (AvgIpc) is 2.70. The number of ether oxygens (including phenoxy) is 1. The van der Waals surface area contributed by atoms with E-state index in [-0.39, 0.29) is 12.1 Å². The maximum absolute atomic E-state index is 11.5. The summed E-state index contributed by atoms with van der Waals surface area (Å²) in [7, 11) is 0. The molecule has 14 heavy (non-hydrogen) atoms. The van der Waals surface area contributed by atoms with Crippen LogP contribution in [0.1, 0.15) is 23.6 Å². The first kappa shape index (κ1) is 9.43. The highest BCUT2D eigenvalue weighted by molar-refractivity contribution is 5.17. The minimum atomic E-state index is -0.0723. The molecule has 1 aromatic rings. The molecule has 1 atom stereocenters. The zero-order valence-corrected chi connectivity index (χ0v) is 7.95. The Kier molecular flexibility index (Phi) is 2.65. The van der Waals surface area contributed by atoms with E-state index in [1.807, 2.05) is 6.07 Å². The maximum Gasteiger partial charge on any atom is 0.252 e. The van der Waals surface area contributed by atoms with E-state index >= 15 is 0 Å². The van der Waals surface area contributed by atoms with Crippen LogP contribution in [0.25, 0.3) is 0 Å². The van der Waals surface area contributed by atoms with Crippen LogP contribution in [0.3, 0.4) is 0 Å². The SMILES string of the molecule is NCc1ccc(C2CCOC2)[nH]c1=O. The number of aromatic amines is 1. The number of nitrogens with one attached hydrogen (secondary N) is 1. The van der Waals surface area contributed by atoms with Crippen molar-refractivity contribution in [3.8, 4) is 0 Å². The van der Waals surface area contributed by atoms with Crippen molar-refractivity contribution in [1.29, 1.82) is 0 Å². The lowest BCUT2D eigenvalue weighted by atomic mass is 10.0. The van der Waals surface area contributed by atoms with Gasteiger partial charge in [-0.1, -0.05) is 6.07 Å². The van der Waals surface area contributed by atoms with Gasteiger partial charge in [-0.05, 0) is 12.5 Å². The fourth-order valence-electron chi connectivity index (χ4n) is 1.70. The molecule has 0 aromatic carbocycles. The smallest absolute Gasteiger partial charge is 0.252 e. The van der Waals surface area contributed by atoms with Crippen LogP contribution in [-0.2, 0) is 11.3 Å². The van der Waals surface area contributed by atoms with E-state index in [2.05, 4.69) is 4.98 Å². The monoisotopic (exact) mass is 194 g/mol. The standard InChI is InChI=1S/C10H14N2O2/c11-5-7-1-2-9(12-10(7)13)8-3-4-14-6-8/h1-2,8H,3-6,11H2,(H,12,13). The Morgan fingerprint density at radius 1 is 1.57 bits per heavy atom. The summed E-state index contributed by atoms with van der Waals surface area (Å²) < 4.78 is 5.26. The first-order chi connectivity index (χ1) is 6.81. The Bertz CT molecular complexity index is 367. The number of H-pyrrole nitrogens is 1. The van der Waals surface area contributed by atoms with E-state index in [0.717, 1.165) is 18.7 Å². The molecular weight excluding hydrogens is 180 g/mol. The highest BCUT2D eigenvalue weighted by Gasteiger charge is 2.18. The summed E-state index contributed by atoms with van der Waals surface area (Å²) in [5.41, 5.74) is 6.93. The van der Waals surface area contributed by atoms with Gasteiger partial charge in [0.2, 0.25) is 0 Å². The topological polar surface area (TPSA) is 68.1 Å². The number of hydrogen-bond donors (Lipinski definition) is 2. The molecule has 0 amide bonds. The summed E-state index contributed by atoms with van der Waals surface area (Å²) in [6.07, 6.45) is 0.984. The first-order valence-electron chi connectivity index (χ1n) is 4.81. The molecule has 1 aliphatic heterocycles. The van der Waals surface area contributed by atoms with Crippen molar-refractivity contribution >= 4 is 0 Å². The average molecular weight is 194 g/mol. The van der Waals surface area contributed by atoms with E-state index in [1.54, 1.807) is 6.07 Å². The lowest BCUT2D eigenvalue weighted by molar-refractivity contribution is 0.193. The zero-order valence-electron chi connectivity index (χ0n) is 7.95. The van der Waals surface area contributed by atoms with Crippen molar-refractivity contribution in [3.63, 3.8) is 0 Å². The second-order valence-electron chi connectivity index (χ2n) is 3.53. The third-order valence-corrected chi connectivity index (χ3v) is 2.60. The van der Waals surface area contributed by atoms with Crippen molar-refractivity contribution < 1.29 is 4.74 Å². The van der Waals surface area contributed by atoms with Crippen molar-refractivity contribution in [2.75, 3.05) is 13.2 Å². The van der Waals surface area contributed by atoms with Crippen LogP contribution >= 0.6 is 0 Å². The molecule has 0 bridgehead atoms. The zero-order chi connectivity index (χ0) is 9.97. The summed E-state index contributed by atoms with van der Waals surface area (Å²) in [5.74, 6) is 0.342. The molecule has 3 N–H and O–H groups in total. The minimum Gasteiger partial charge on any atom is -0.381 e. The molecule has 1 aliphatic rings. The summed E-state index contributed by atoms with van der Waals surface area (Å²) in [6, 6.07) is 3.73. The van der Waals surface area contributed by atoms with Crippen molar-refractivity contribution in [3.05, 3.63) is 33.7 Å².